The minimum absolute atomic E-state index is 0.00657. The first kappa shape index (κ1) is 18.2. The van der Waals surface area contributed by atoms with Crippen LogP contribution in [-0.4, -0.2) is 56.0 Å². The summed E-state index contributed by atoms with van der Waals surface area (Å²) in [6.45, 7) is 0.00657. The highest BCUT2D eigenvalue weighted by molar-refractivity contribution is 5.98. The quantitative estimate of drug-likeness (QED) is 0.269. The Morgan fingerprint density at radius 1 is 1.09 bits per heavy atom. The van der Waals surface area contributed by atoms with Gasteiger partial charge in [0.15, 0.2) is 17.4 Å². The average Bonchev–Trinajstić information content (AvgIpc) is 2.41. The molecular weight excluding hydrogens is 310 g/mol. The van der Waals surface area contributed by atoms with Gasteiger partial charge in [-0.15, -0.1) is 0 Å². The number of hydrogen-bond acceptors (Lipinski definition) is 6. The Morgan fingerprint density at radius 2 is 1.74 bits per heavy atom. The van der Waals surface area contributed by atoms with Gasteiger partial charge in [0.05, 0.1) is 12.5 Å². The van der Waals surface area contributed by atoms with E-state index in [1.165, 1.54) is 18.2 Å². The third-order valence-corrected chi connectivity index (χ3v) is 3.07. The lowest BCUT2D eigenvalue weighted by Crippen LogP contribution is -2.43. The first-order chi connectivity index (χ1) is 10.7. The molecule has 9 nitrogen and oxygen atoms in total. The van der Waals surface area contributed by atoms with Crippen LogP contribution in [0.1, 0.15) is 12.0 Å². The summed E-state index contributed by atoms with van der Waals surface area (Å²) >= 11 is 0. The molecule has 0 spiro atoms. The highest BCUT2D eigenvalue weighted by atomic mass is 16.4. The molecule has 2 unspecified atom stereocenters. The Kier molecular flexibility index (Phi) is 6.34. The average molecular weight is 327 g/mol. The number of aliphatic hydroxyl groups excluding tert-OH is 1. The first-order valence-electron chi connectivity index (χ1n) is 6.63. The molecule has 1 aromatic rings. The number of aliphatic hydroxyl groups is 1. The summed E-state index contributed by atoms with van der Waals surface area (Å²) in [5.74, 6) is -6.56. The third-order valence-electron chi connectivity index (χ3n) is 3.07. The first-order valence-corrected chi connectivity index (χ1v) is 6.63. The molecule has 0 radical (unpaired) electrons. The van der Waals surface area contributed by atoms with E-state index in [1.807, 2.05) is 0 Å². The molecule has 126 valence electrons. The number of aliphatic carboxylic acids is 2. The predicted molar refractivity (Wildman–Crippen MR) is 75.9 cm³/mol. The van der Waals surface area contributed by atoms with E-state index < -0.39 is 36.3 Å². The van der Waals surface area contributed by atoms with Crippen LogP contribution in [0.5, 0.6) is 11.5 Å². The molecule has 1 amide bonds. The second-order valence-corrected chi connectivity index (χ2v) is 4.85. The van der Waals surface area contributed by atoms with Crippen molar-refractivity contribution >= 4 is 17.8 Å². The van der Waals surface area contributed by atoms with Crippen LogP contribution < -0.4 is 5.32 Å². The highest BCUT2D eigenvalue weighted by Crippen LogP contribution is 2.24. The maximum Gasteiger partial charge on any atom is 0.318 e. The highest BCUT2D eigenvalue weighted by Gasteiger charge is 2.34. The van der Waals surface area contributed by atoms with Crippen LogP contribution in [0, 0.1) is 5.92 Å². The number of carbonyl (C=O) groups is 3. The van der Waals surface area contributed by atoms with Gasteiger partial charge in [0, 0.05) is 6.54 Å². The summed E-state index contributed by atoms with van der Waals surface area (Å²) < 4.78 is 0. The number of aromatic hydroxyl groups is 2. The van der Waals surface area contributed by atoms with Gasteiger partial charge < -0.3 is 30.8 Å². The fourth-order valence-electron chi connectivity index (χ4n) is 1.91. The summed E-state index contributed by atoms with van der Waals surface area (Å²) in [6, 6.07) is 4.06. The van der Waals surface area contributed by atoms with Crippen molar-refractivity contribution in [2.75, 3.05) is 6.54 Å². The standard InChI is InChI=1S/C14H17NO8/c16-8-2-1-7(5-9(8)17)3-4-15-13(21)12(14(22)23)10(18)6-11(19)20/h1-2,5,10,12,16-18H,3-4,6H2,(H,15,21)(H,19,20)(H,22,23). The fourth-order valence-corrected chi connectivity index (χ4v) is 1.91. The van der Waals surface area contributed by atoms with Crippen LogP contribution in [0.4, 0.5) is 0 Å². The third kappa shape index (κ3) is 5.47. The summed E-state index contributed by atoms with van der Waals surface area (Å²) in [5, 5.41) is 47.8. The van der Waals surface area contributed by atoms with E-state index in [-0.39, 0.29) is 24.5 Å². The van der Waals surface area contributed by atoms with E-state index in [9.17, 15) is 24.6 Å². The Labute approximate surface area is 130 Å². The SMILES string of the molecule is O=C(O)CC(O)C(C(=O)O)C(=O)NCCc1ccc(O)c(O)c1. The fraction of sp³-hybridized carbons (Fsp3) is 0.357. The maximum absolute atomic E-state index is 11.8. The molecule has 0 saturated heterocycles. The Bertz CT molecular complexity index is 600. The van der Waals surface area contributed by atoms with Crippen molar-refractivity contribution in [3.05, 3.63) is 23.8 Å². The molecule has 0 saturated carbocycles. The van der Waals surface area contributed by atoms with E-state index in [4.69, 9.17) is 15.3 Å². The van der Waals surface area contributed by atoms with E-state index in [0.29, 0.717) is 5.56 Å². The van der Waals surface area contributed by atoms with E-state index >= 15 is 0 Å². The van der Waals surface area contributed by atoms with Crippen molar-refractivity contribution in [3.63, 3.8) is 0 Å². The van der Waals surface area contributed by atoms with Gasteiger partial charge in [0.2, 0.25) is 5.91 Å². The lowest BCUT2D eigenvalue weighted by molar-refractivity contribution is -0.153. The van der Waals surface area contributed by atoms with Crippen molar-refractivity contribution in [2.45, 2.75) is 18.9 Å². The van der Waals surface area contributed by atoms with Crippen LogP contribution in [0.2, 0.25) is 0 Å². The number of benzene rings is 1. The van der Waals surface area contributed by atoms with Gasteiger partial charge in [-0.1, -0.05) is 6.07 Å². The lowest BCUT2D eigenvalue weighted by atomic mass is 9.99. The van der Waals surface area contributed by atoms with E-state index in [0.717, 1.165) is 0 Å². The number of hydrogen-bond donors (Lipinski definition) is 6. The van der Waals surface area contributed by atoms with Gasteiger partial charge in [-0.2, -0.15) is 0 Å². The molecule has 23 heavy (non-hydrogen) atoms. The lowest BCUT2D eigenvalue weighted by Gasteiger charge is -2.17. The van der Waals surface area contributed by atoms with Crippen molar-refractivity contribution in [1.82, 2.24) is 5.32 Å². The van der Waals surface area contributed by atoms with Gasteiger partial charge in [0.25, 0.3) is 0 Å². The zero-order valence-corrected chi connectivity index (χ0v) is 12.0. The molecule has 0 aliphatic carbocycles. The van der Waals surface area contributed by atoms with Crippen LogP contribution in [-0.2, 0) is 20.8 Å². The Hall–Kier alpha value is -2.81. The van der Waals surface area contributed by atoms with Crippen molar-refractivity contribution in [3.8, 4) is 11.5 Å². The molecule has 0 aromatic heterocycles. The molecular formula is C14H17NO8. The smallest absolute Gasteiger partial charge is 0.318 e. The molecule has 1 rings (SSSR count). The van der Waals surface area contributed by atoms with Crippen LogP contribution in [0.25, 0.3) is 0 Å². The van der Waals surface area contributed by atoms with Gasteiger partial charge in [-0.25, -0.2) is 0 Å². The normalized spacial score (nSPS) is 13.1. The molecule has 2 atom stereocenters. The molecule has 0 aliphatic rings. The zero-order valence-electron chi connectivity index (χ0n) is 12.0. The molecule has 0 aliphatic heterocycles. The number of carboxylic acid groups (broad SMARTS) is 2. The van der Waals surface area contributed by atoms with Crippen LogP contribution in [0.3, 0.4) is 0 Å². The minimum Gasteiger partial charge on any atom is -0.504 e. The van der Waals surface area contributed by atoms with Gasteiger partial charge >= 0.3 is 11.9 Å². The molecule has 6 N–H and O–H groups in total. The molecule has 0 bridgehead atoms. The summed E-state index contributed by atoms with van der Waals surface area (Å²) in [4.78, 5) is 33.3. The second-order valence-electron chi connectivity index (χ2n) is 4.85. The molecule has 9 heteroatoms. The van der Waals surface area contributed by atoms with Crippen molar-refractivity contribution in [1.29, 1.82) is 0 Å². The van der Waals surface area contributed by atoms with Crippen molar-refractivity contribution < 1.29 is 39.9 Å². The number of amides is 1. The predicted octanol–water partition coefficient (Wildman–Crippen LogP) is -0.707. The maximum atomic E-state index is 11.8. The molecule has 0 fully saturated rings. The number of carboxylic acids is 2. The summed E-state index contributed by atoms with van der Waals surface area (Å²) in [7, 11) is 0. The minimum atomic E-state index is -1.89. The van der Waals surface area contributed by atoms with Crippen LogP contribution in [0.15, 0.2) is 18.2 Å². The van der Waals surface area contributed by atoms with Crippen molar-refractivity contribution in [2.24, 2.45) is 5.92 Å². The Balaban J connectivity index is 2.60. The van der Waals surface area contributed by atoms with E-state index in [2.05, 4.69) is 5.32 Å². The van der Waals surface area contributed by atoms with Gasteiger partial charge in [0.1, 0.15) is 0 Å². The number of carbonyl (C=O) groups excluding carboxylic acids is 1. The summed E-state index contributed by atoms with van der Waals surface area (Å²) in [5.41, 5.74) is 0.582. The number of nitrogens with one attached hydrogen (secondary N) is 1. The number of phenolic OH excluding ortho intramolecular Hbond substituents is 2. The van der Waals surface area contributed by atoms with Gasteiger partial charge in [-0.3, -0.25) is 14.4 Å². The molecule has 0 heterocycles. The largest absolute Gasteiger partial charge is 0.504 e. The number of rotatable bonds is 8. The monoisotopic (exact) mass is 327 g/mol. The number of phenols is 2. The second kappa shape index (κ2) is 7.99. The molecule has 1 aromatic carbocycles. The summed E-state index contributed by atoms with van der Waals surface area (Å²) in [6.07, 6.45) is -2.47. The van der Waals surface area contributed by atoms with Gasteiger partial charge in [-0.05, 0) is 24.1 Å². The van der Waals surface area contributed by atoms with E-state index in [1.54, 1.807) is 0 Å². The Morgan fingerprint density at radius 3 is 2.26 bits per heavy atom. The van der Waals surface area contributed by atoms with Crippen LogP contribution >= 0.6 is 0 Å². The zero-order chi connectivity index (χ0) is 17.6. The topological polar surface area (TPSA) is 164 Å².